The number of amides is 1. The maximum Gasteiger partial charge on any atom is 0.305 e. The number of aliphatic carboxylic acids is 1. The minimum Gasteiger partial charge on any atom is -0.481 e. The second-order valence-corrected chi connectivity index (χ2v) is 12.5. The largest absolute Gasteiger partial charge is 0.481 e. The highest BCUT2D eigenvalue weighted by Crippen LogP contribution is 2.36. The number of hydrogen-bond donors (Lipinski definition) is 2. The van der Waals surface area contributed by atoms with Crippen molar-refractivity contribution < 1.29 is 32.3 Å². The van der Waals surface area contributed by atoms with Crippen molar-refractivity contribution in [3.05, 3.63) is 91.6 Å². The number of rotatable bonds is 12. The zero-order valence-electron chi connectivity index (χ0n) is 25.5. The number of carbonyl (C=O) groups is 2. The molecule has 2 aromatic carbocycles. The molecule has 1 amide bonds. The Morgan fingerprint density at radius 1 is 1.07 bits per heavy atom. The van der Waals surface area contributed by atoms with Crippen LogP contribution in [0.3, 0.4) is 0 Å². The van der Waals surface area contributed by atoms with Gasteiger partial charge in [-0.2, -0.15) is 0 Å². The van der Waals surface area contributed by atoms with E-state index < -0.39 is 59.6 Å². The Labute approximate surface area is 263 Å². The Balaban J connectivity index is 1.72. The maximum atomic E-state index is 15.6. The number of carboxylic acid groups (broad SMARTS) is 1. The van der Waals surface area contributed by atoms with E-state index in [0.29, 0.717) is 40.8 Å². The van der Waals surface area contributed by atoms with Crippen molar-refractivity contribution >= 4 is 23.5 Å². The van der Waals surface area contributed by atoms with Gasteiger partial charge in [0.1, 0.15) is 23.8 Å². The number of nitrogens with zero attached hydrogens (tertiary/aromatic N) is 2. The first-order chi connectivity index (χ1) is 21.1. The molecule has 1 aromatic heterocycles. The number of carboxylic acids is 1. The SMILES string of the molecule is Cc1cc(F)cc(C)c1-c1cc(Cl)c(F)c(C(CC(=O)O)NC(=O)C(CC(C)C)n2cc(CCN3CC(F)C3)cc(F)c2=O)c1. The summed E-state index contributed by atoms with van der Waals surface area (Å²) in [5, 5.41) is 12.0. The van der Waals surface area contributed by atoms with E-state index in [1.807, 2.05) is 4.90 Å². The number of pyridine rings is 1. The predicted octanol–water partition coefficient (Wildman–Crippen LogP) is 6.32. The van der Waals surface area contributed by atoms with E-state index in [9.17, 15) is 32.7 Å². The molecule has 3 aromatic rings. The fourth-order valence-electron chi connectivity index (χ4n) is 5.82. The van der Waals surface area contributed by atoms with Crippen LogP contribution in [0.1, 0.15) is 61.0 Å². The second kappa shape index (κ2) is 14.2. The first-order valence-electron chi connectivity index (χ1n) is 14.7. The van der Waals surface area contributed by atoms with Gasteiger partial charge in [0, 0.05) is 31.4 Å². The average Bonchev–Trinajstić information content (AvgIpc) is 2.91. The van der Waals surface area contributed by atoms with E-state index in [-0.39, 0.29) is 36.0 Å². The third-order valence-corrected chi connectivity index (χ3v) is 8.21. The summed E-state index contributed by atoms with van der Waals surface area (Å²) in [4.78, 5) is 40.6. The fraction of sp³-hybridized carbons (Fsp3) is 0.424. The van der Waals surface area contributed by atoms with E-state index >= 15 is 4.39 Å². The summed E-state index contributed by atoms with van der Waals surface area (Å²) < 4.78 is 58.6. The smallest absolute Gasteiger partial charge is 0.305 e. The van der Waals surface area contributed by atoms with Crippen LogP contribution in [-0.2, 0) is 16.0 Å². The minimum atomic E-state index is -1.42. The molecular formula is C33H36ClF4N3O4. The van der Waals surface area contributed by atoms with Crippen LogP contribution in [0.2, 0.25) is 5.02 Å². The zero-order chi connectivity index (χ0) is 33.2. The monoisotopic (exact) mass is 649 g/mol. The molecule has 0 bridgehead atoms. The lowest BCUT2D eigenvalue weighted by Crippen LogP contribution is -2.49. The molecule has 2 N–H and O–H groups in total. The number of hydrogen-bond acceptors (Lipinski definition) is 4. The highest BCUT2D eigenvalue weighted by Gasteiger charge is 2.31. The van der Waals surface area contributed by atoms with Gasteiger partial charge in [-0.05, 0) is 90.8 Å². The standard InChI is InChI=1S/C33H36ClF4N3O4/c1-17(2)7-28(41-14-20(10-26(37)33(41)45)5-6-40-15-23(36)16-40)32(44)39-27(13-29(42)43)24-11-21(12-25(34)31(24)38)30-18(3)8-22(35)9-19(30)4/h8-12,14,17,23,27-28H,5-7,13,15-16H2,1-4H3,(H,39,44)(H,42,43). The molecule has 0 radical (unpaired) electrons. The summed E-state index contributed by atoms with van der Waals surface area (Å²) >= 11 is 6.26. The van der Waals surface area contributed by atoms with Gasteiger partial charge >= 0.3 is 5.97 Å². The quantitative estimate of drug-likeness (QED) is 0.224. The van der Waals surface area contributed by atoms with Gasteiger partial charge in [0.25, 0.3) is 5.56 Å². The predicted molar refractivity (Wildman–Crippen MR) is 164 cm³/mol. The van der Waals surface area contributed by atoms with Gasteiger partial charge in [0.05, 0.1) is 17.5 Å². The first-order valence-corrected chi connectivity index (χ1v) is 15.1. The van der Waals surface area contributed by atoms with Crippen molar-refractivity contribution in [1.29, 1.82) is 0 Å². The van der Waals surface area contributed by atoms with Gasteiger partial charge in [-0.1, -0.05) is 25.4 Å². The second-order valence-electron chi connectivity index (χ2n) is 12.1. The van der Waals surface area contributed by atoms with Crippen molar-refractivity contribution in [3.63, 3.8) is 0 Å². The van der Waals surface area contributed by atoms with Crippen LogP contribution in [0.4, 0.5) is 17.6 Å². The molecule has 7 nitrogen and oxygen atoms in total. The third-order valence-electron chi connectivity index (χ3n) is 7.93. The summed E-state index contributed by atoms with van der Waals surface area (Å²) in [5.74, 6) is -4.79. The molecule has 1 fully saturated rings. The highest BCUT2D eigenvalue weighted by molar-refractivity contribution is 6.31. The summed E-state index contributed by atoms with van der Waals surface area (Å²) in [7, 11) is 0. The minimum absolute atomic E-state index is 0.0847. The number of aromatic nitrogens is 1. The number of likely N-dealkylation sites (tertiary alicyclic amines) is 1. The van der Waals surface area contributed by atoms with Gasteiger partial charge in [0.15, 0.2) is 5.82 Å². The molecule has 45 heavy (non-hydrogen) atoms. The molecule has 1 aliphatic rings. The average molecular weight is 650 g/mol. The van der Waals surface area contributed by atoms with Crippen molar-refractivity contribution in [2.75, 3.05) is 19.6 Å². The Hall–Kier alpha value is -3.70. The molecular weight excluding hydrogens is 614 g/mol. The zero-order valence-corrected chi connectivity index (χ0v) is 26.2. The van der Waals surface area contributed by atoms with Crippen molar-refractivity contribution in [2.45, 2.75) is 65.2 Å². The molecule has 12 heteroatoms. The topological polar surface area (TPSA) is 91.6 Å². The third kappa shape index (κ3) is 8.12. The number of benzene rings is 2. The van der Waals surface area contributed by atoms with Crippen LogP contribution >= 0.6 is 11.6 Å². The normalized spacial score (nSPS) is 15.2. The van der Waals surface area contributed by atoms with Crippen molar-refractivity contribution in [2.24, 2.45) is 5.92 Å². The van der Waals surface area contributed by atoms with Crippen molar-refractivity contribution in [1.82, 2.24) is 14.8 Å². The van der Waals surface area contributed by atoms with Crippen LogP contribution < -0.4 is 10.9 Å². The van der Waals surface area contributed by atoms with Gasteiger partial charge in [0.2, 0.25) is 5.91 Å². The lowest BCUT2D eigenvalue weighted by molar-refractivity contribution is -0.138. The van der Waals surface area contributed by atoms with Gasteiger partial charge in [-0.25, -0.2) is 17.6 Å². The van der Waals surface area contributed by atoms with Crippen LogP contribution in [-0.4, -0.2) is 52.3 Å². The highest BCUT2D eigenvalue weighted by atomic mass is 35.5. The summed E-state index contributed by atoms with van der Waals surface area (Å²) in [6.45, 7) is 7.91. The molecule has 0 aliphatic carbocycles. The Morgan fingerprint density at radius 2 is 1.71 bits per heavy atom. The molecule has 1 aliphatic heterocycles. The number of aryl methyl sites for hydroxylation is 2. The van der Waals surface area contributed by atoms with E-state index in [1.54, 1.807) is 27.7 Å². The van der Waals surface area contributed by atoms with Gasteiger partial charge in [-0.3, -0.25) is 19.3 Å². The van der Waals surface area contributed by atoms with E-state index in [1.165, 1.54) is 30.5 Å². The van der Waals surface area contributed by atoms with E-state index in [2.05, 4.69) is 5.32 Å². The molecule has 242 valence electrons. The Morgan fingerprint density at radius 3 is 2.29 bits per heavy atom. The summed E-state index contributed by atoms with van der Waals surface area (Å²) in [5.41, 5.74) is 1.20. The first kappa shape index (κ1) is 34.2. The Bertz CT molecular complexity index is 1630. The number of halogens is 5. The van der Waals surface area contributed by atoms with Crippen molar-refractivity contribution in [3.8, 4) is 11.1 Å². The molecule has 0 saturated carbocycles. The number of nitrogens with one attached hydrogen (secondary N) is 1. The van der Waals surface area contributed by atoms with Gasteiger partial charge < -0.3 is 15.0 Å². The summed E-state index contributed by atoms with van der Waals surface area (Å²) in [6.07, 6.45) is 0.140. The van der Waals surface area contributed by atoms with Crippen LogP contribution in [0.25, 0.3) is 11.1 Å². The molecule has 2 atom stereocenters. The number of alkyl halides is 1. The van der Waals surface area contributed by atoms with E-state index in [4.69, 9.17) is 11.6 Å². The van der Waals surface area contributed by atoms with Gasteiger partial charge in [-0.15, -0.1) is 0 Å². The lowest BCUT2D eigenvalue weighted by Gasteiger charge is -2.34. The van der Waals surface area contributed by atoms with Crippen LogP contribution in [0.15, 0.2) is 41.3 Å². The molecule has 4 rings (SSSR count). The molecule has 1 saturated heterocycles. The molecule has 0 spiro atoms. The molecule has 2 unspecified atom stereocenters. The molecule has 2 heterocycles. The Kier molecular flexibility index (Phi) is 10.8. The van der Waals surface area contributed by atoms with E-state index in [0.717, 1.165) is 10.6 Å². The van der Waals surface area contributed by atoms with Crippen LogP contribution in [0.5, 0.6) is 0 Å². The fourth-order valence-corrected chi connectivity index (χ4v) is 6.04. The maximum absolute atomic E-state index is 15.6. The van der Waals surface area contributed by atoms with Crippen LogP contribution in [0, 0.1) is 37.2 Å². The summed E-state index contributed by atoms with van der Waals surface area (Å²) in [6, 6.07) is 3.72. The number of carbonyl (C=O) groups excluding carboxylic acids is 1. The lowest BCUT2D eigenvalue weighted by atomic mass is 9.92.